The van der Waals surface area contributed by atoms with Gasteiger partial charge in [-0.25, -0.2) is 19.3 Å². The summed E-state index contributed by atoms with van der Waals surface area (Å²) in [5, 5.41) is 12.4. The van der Waals surface area contributed by atoms with Gasteiger partial charge in [0.05, 0.1) is 30.8 Å². The molecule has 15 heteroatoms. The van der Waals surface area contributed by atoms with Gasteiger partial charge in [-0.3, -0.25) is 4.90 Å². The molecule has 0 unspecified atom stereocenters. The number of piperidine rings is 1. The van der Waals surface area contributed by atoms with Gasteiger partial charge < -0.3 is 18.6 Å². The van der Waals surface area contributed by atoms with E-state index in [1.165, 1.54) is 18.3 Å². The minimum atomic E-state index is -4.74. The summed E-state index contributed by atoms with van der Waals surface area (Å²) in [4.78, 5) is 19.8. The zero-order chi connectivity index (χ0) is 32.5. The molecular formula is C32H28F4N8O3. The molecular weight excluding hydrogens is 620 g/mol. The van der Waals surface area contributed by atoms with E-state index in [9.17, 15) is 17.6 Å². The Morgan fingerprint density at radius 2 is 1.87 bits per heavy atom. The Morgan fingerprint density at radius 1 is 1.04 bits per heavy atom. The Morgan fingerprint density at radius 3 is 2.57 bits per heavy atom. The number of benzene rings is 1. The zero-order valence-corrected chi connectivity index (χ0v) is 25.0. The molecule has 2 aliphatic heterocycles. The number of nitrogens with zero attached hydrogens (tertiary/aromatic N) is 8. The summed E-state index contributed by atoms with van der Waals surface area (Å²) in [5.41, 5.74) is 2.90. The maximum Gasteiger partial charge on any atom is 0.471 e. The van der Waals surface area contributed by atoms with Gasteiger partial charge in [-0.15, -0.1) is 0 Å². The number of hydrogen-bond donors (Lipinski definition) is 0. The number of ether oxygens (including phenoxy) is 2. The van der Waals surface area contributed by atoms with E-state index in [4.69, 9.17) is 24.7 Å². The van der Waals surface area contributed by atoms with Crippen LogP contribution >= 0.6 is 0 Å². The van der Waals surface area contributed by atoms with Crippen LogP contribution in [0, 0.1) is 17.1 Å². The summed E-state index contributed by atoms with van der Waals surface area (Å²) in [5.74, 6) is -0.725. The van der Waals surface area contributed by atoms with Crippen LogP contribution < -0.4 is 4.74 Å². The second-order valence-corrected chi connectivity index (χ2v) is 11.6. The van der Waals surface area contributed by atoms with Crippen LogP contribution in [0.3, 0.4) is 0 Å². The van der Waals surface area contributed by atoms with Gasteiger partial charge in [-0.05, 0) is 56.6 Å². The number of aromatic nitrogens is 6. The number of fused-ring (bicyclic) bond motifs is 1. The number of alkyl halides is 3. The van der Waals surface area contributed by atoms with E-state index in [-0.39, 0.29) is 35.6 Å². The summed E-state index contributed by atoms with van der Waals surface area (Å²) in [7, 11) is 0. The van der Waals surface area contributed by atoms with Gasteiger partial charge in [0.15, 0.2) is 5.65 Å². The van der Waals surface area contributed by atoms with Crippen LogP contribution in [-0.4, -0.2) is 60.4 Å². The Kier molecular flexibility index (Phi) is 8.29. The maximum absolute atomic E-state index is 14.3. The third-order valence-electron chi connectivity index (χ3n) is 8.44. The van der Waals surface area contributed by atoms with Crippen LogP contribution in [0.15, 0.2) is 53.2 Å². The molecule has 2 fully saturated rings. The fourth-order valence-electron chi connectivity index (χ4n) is 5.79. The predicted octanol–water partition coefficient (Wildman–Crippen LogP) is 5.65. The molecule has 5 aromatic rings. The van der Waals surface area contributed by atoms with Crippen LogP contribution in [0.5, 0.6) is 5.88 Å². The van der Waals surface area contributed by atoms with Crippen molar-refractivity contribution in [3.05, 3.63) is 83.0 Å². The van der Waals surface area contributed by atoms with Gasteiger partial charge in [0.1, 0.15) is 23.8 Å². The summed E-state index contributed by atoms with van der Waals surface area (Å²) in [6.07, 6.45) is -0.645. The minimum Gasteiger partial charge on any atom is -0.473 e. The lowest BCUT2D eigenvalue weighted by atomic mass is 9.93. The van der Waals surface area contributed by atoms with Crippen LogP contribution in [0.25, 0.3) is 22.6 Å². The van der Waals surface area contributed by atoms with Gasteiger partial charge in [0.2, 0.25) is 11.7 Å². The molecule has 0 saturated carbocycles. The molecule has 0 aliphatic carbocycles. The van der Waals surface area contributed by atoms with Crippen molar-refractivity contribution in [2.75, 3.05) is 19.7 Å². The Hall–Kier alpha value is -4.94. The van der Waals surface area contributed by atoms with Crippen LogP contribution in [0.4, 0.5) is 17.6 Å². The van der Waals surface area contributed by atoms with E-state index in [2.05, 4.69) is 24.5 Å². The minimum absolute atomic E-state index is 0.000610. The van der Waals surface area contributed by atoms with Crippen molar-refractivity contribution in [1.82, 2.24) is 34.6 Å². The molecule has 0 N–H and O–H groups in total. The second kappa shape index (κ2) is 12.7. The third-order valence-corrected chi connectivity index (χ3v) is 8.44. The first-order valence-electron chi connectivity index (χ1n) is 15.1. The molecule has 0 radical (unpaired) electrons. The third kappa shape index (κ3) is 6.65. The first kappa shape index (κ1) is 30.7. The van der Waals surface area contributed by atoms with Gasteiger partial charge in [0, 0.05) is 41.6 Å². The van der Waals surface area contributed by atoms with Crippen molar-refractivity contribution in [1.29, 1.82) is 5.26 Å². The van der Waals surface area contributed by atoms with E-state index in [0.717, 1.165) is 43.9 Å². The van der Waals surface area contributed by atoms with Gasteiger partial charge in [-0.1, -0.05) is 17.3 Å². The molecule has 0 amide bonds. The number of nitriles is 1. The van der Waals surface area contributed by atoms with Crippen molar-refractivity contribution >= 4 is 11.2 Å². The fraction of sp³-hybridized carbons (Fsp3) is 0.375. The lowest BCUT2D eigenvalue weighted by Crippen LogP contribution is -2.35. The van der Waals surface area contributed by atoms with Gasteiger partial charge in [0.25, 0.3) is 0 Å². The van der Waals surface area contributed by atoms with Crippen molar-refractivity contribution in [2.45, 2.75) is 57.2 Å². The molecule has 4 aromatic heterocycles. The Bertz CT molecular complexity index is 1940. The Balaban J connectivity index is 1.02. The molecule has 2 saturated heterocycles. The second-order valence-electron chi connectivity index (χ2n) is 11.6. The number of halogens is 4. The predicted molar refractivity (Wildman–Crippen MR) is 157 cm³/mol. The number of imidazole rings is 1. The molecule has 7 rings (SSSR count). The van der Waals surface area contributed by atoms with E-state index in [1.807, 2.05) is 22.8 Å². The van der Waals surface area contributed by atoms with Crippen LogP contribution in [0.1, 0.15) is 53.7 Å². The molecule has 242 valence electrons. The van der Waals surface area contributed by atoms with E-state index in [1.54, 1.807) is 18.2 Å². The first-order valence-corrected chi connectivity index (χ1v) is 15.1. The molecule has 1 aromatic carbocycles. The zero-order valence-electron chi connectivity index (χ0n) is 25.0. The first-order chi connectivity index (χ1) is 22.7. The van der Waals surface area contributed by atoms with Gasteiger partial charge in [-0.2, -0.15) is 23.4 Å². The molecule has 47 heavy (non-hydrogen) atoms. The van der Waals surface area contributed by atoms with Gasteiger partial charge >= 0.3 is 12.1 Å². The highest BCUT2D eigenvalue weighted by atomic mass is 19.4. The lowest BCUT2D eigenvalue weighted by molar-refractivity contribution is -0.159. The summed E-state index contributed by atoms with van der Waals surface area (Å²) >= 11 is 0. The van der Waals surface area contributed by atoms with Crippen molar-refractivity contribution < 1.29 is 31.6 Å². The standard InChI is InChI=1S/C32H28F4N8O3/c33-24-12-19(14-37)4-5-21(24)18-46-28-3-1-2-25(40-28)20-6-9-43(10-7-20)17-27-39-26-13-22(29-41-31(47-42-29)32(34,35)36)15-38-30(26)44(27)16-23-8-11-45-23/h1-5,12-13,15,20,23H,6-11,16-18H2/t23-/m0/s1. The highest BCUT2D eigenvalue weighted by molar-refractivity contribution is 5.77. The molecule has 2 aliphatic rings. The smallest absolute Gasteiger partial charge is 0.471 e. The number of pyridine rings is 2. The van der Waals surface area contributed by atoms with Crippen molar-refractivity contribution in [3.8, 4) is 23.3 Å². The van der Waals surface area contributed by atoms with E-state index in [0.29, 0.717) is 42.3 Å². The fourth-order valence-corrected chi connectivity index (χ4v) is 5.79. The molecule has 11 nitrogen and oxygen atoms in total. The van der Waals surface area contributed by atoms with E-state index < -0.39 is 17.9 Å². The largest absolute Gasteiger partial charge is 0.473 e. The Labute approximate surface area is 265 Å². The molecule has 0 bridgehead atoms. The normalized spacial score (nSPS) is 17.5. The summed E-state index contributed by atoms with van der Waals surface area (Å²) in [6.45, 7) is 3.40. The molecule has 6 heterocycles. The summed E-state index contributed by atoms with van der Waals surface area (Å²) in [6, 6.07) is 13.4. The topological polar surface area (TPSA) is 128 Å². The van der Waals surface area contributed by atoms with E-state index >= 15 is 0 Å². The average molecular weight is 649 g/mol. The maximum atomic E-state index is 14.3. The summed E-state index contributed by atoms with van der Waals surface area (Å²) < 4.78 is 71.1. The van der Waals surface area contributed by atoms with Crippen molar-refractivity contribution in [2.24, 2.45) is 0 Å². The SMILES string of the molecule is N#Cc1ccc(COc2cccc(C3CCN(Cc4nc5cc(-c6noc(C(F)(F)F)n6)cnc5n4C[C@@H]4CCO4)CC3)n2)c(F)c1. The average Bonchev–Trinajstić information content (AvgIpc) is 3.68. The highest BCUT2D eigenvalue weighted by Gasteiger charge is 2.38. The van der Waals surface area contributed by atoms with Crippen LogP contribution in [-0.2, 0) is 30.6 Å². The lowest BCUT2D eigenvalue weighted by Gasteiger charge is -2.32. The van der Waals surface area contributed by atoms with Crippen molar-refractivity contribution in [3.63, 3.8) is 0 Å². The van der Waals surface area contributed by atoms with Crippen LogP contribution in [0.2, 0.25) is 0 Å². The monoisotopic (exact) mass is 648 g/mol. The number of rotatable bonds is 9. The number of likely N-dealkylation sites (tertiary alicyclic amines) is 1. The highest BCUT2D eigenvalue weighted by Crippen LogP contribution is 2.32. The molecule has 0 spiro atoms. The quantitative estimate of drug-likeness (QED) is 0.185. The number of hydrogen-bond acceptors (Lipinski definition) is 10. The molecule has 1 atom stereocenters.